The molecule has 2 atom stereocenters. The molecule has 29 heavy (non-hydrogen) atoms. The summed E-state index contributed by atoms with van der Waals surface area (Å²) in [4.78, 5) is 30.1. The summed E-state index contributed by atoms with van der Waals surface area (Å²) in [5.41, 5.74) is 0.780. The molecule has 1 aromatic carbocycles. The molecule has 9 nitrogen and oxygen atoms in total. The molecule has 1 aromatic heterocycles. The molecule has 1 heterocycles. The third-order valence-corrected chi connectivity index (χ3v) is 4.81. The number of nitro groups is 1. The van der Waals surface area contributed by atoms with Crippen LogP contribution in [0.2, 0.25) is 5.15 Å². The van der Waals surface area contributed by atoms with E-state index in [4.69, 9.17) is 16.3 Å². The second-order valence-electron chi connectivity index (χ2n) is 7.80. The van der Waals surface area contributed by atoms with Crippen molar-refractivity contribution >= 4 is 34.9 Å². The highest BCUT2D eigenvalue weighted by Gasteiger charge is 2.34. The number of carbonyl (C=O) groups is 1. The number of benzene rings is 1. The molecule has 2 unspecified atom stereocenters. The molecule has 1 aliphatic carbocycles. The Morgan fingerprint density at radius 2 is 1.93 bits per heavy atom. The number of anilines is 2. The van der Waals surface area contributed by atoms with Gasteiger partial charge in [-0.25, -0.2) is 14.8 Å². The Bertz CT molecular complexity index is 914. The van der Waals surface area contributed by atoms with E-state index < -0.39 is 16.6 Å². The molecule has 0 bridgehead atoms. The lowest BCUT2D eigenvalue weighted by molar-refractivity contribution is -0.384. The van der Waals surface area contributed by atoms with Gasteiger partial charge >= 0.3 is 11.8 Å². The lowest BCUT2D eigenvalue weighted by Gasteiger charge is -2.37. The number of hydrogen-bond acceptors (Lipinski definition) is 7. The van der Waals surface area contributed by atoms with E-state index in [1.165, 1.54) is 0 Å². The number of alkyl carbamates (subject to hydrolysis) is 1. The molecule has 1 saturated carbocycles. The van der Waals surface area contributed by atoms with Crippen LogP contribution in [-0.2, 0) is 4.74 Å². The SMILES string of the molecule is CC(C)(C)OC(=O)NC1CCC1c1ccc(Nc2ncnc(Cl)c2[N+](=O)[O-])cc1. The number of carbonyl (C=O) groups excluding carboxylic acids is 1. The molecule has 2 N–H and O–H groups in total. The lowest BCUT2D eigenvalue weighted by Crippen LogP contribution is -2.47. The van der Waals surface area contributed by atoms with E-state index in [2.05, 4.69) is 20.6 Å². The average Bonchev–Trinajstić information content (AvgIpc) is 2.59. The third kappa shape index (κ3) is 5.11. The van der Waals surface area contributed by atoms with Crippen LogP contribution >= 0.6 is 11.6 Å². The van der Waals surface area contributed by atoms with Crippen molar-refractivity contribution in [1.29, 1.82) is 0 Å². The zero-order chi connectivity index (χ0) is 21.2. The summed E-state index contributed by atoms with van der Waals surface area (Å²) < 4.78 is 5.32. The van der Waals surface area contributed by atoms with Crippen molar-refractivity contribution in [3.05, 3.63) is 51.4 Å². The minimum atomic E-state index is -0.625. The highest BCUT2D eigenvalue weighted by atomic mass is 35.5. The van der Waals surface area contributed by atoms with Gasteiger partial charge < -0.3 is 15.4 Å². The first-order valence-corrected chi connectivity index (χ1v) is 9.53. The van der Waals surface area contributed by atoms with E-state index in [0.717, 1.165) is 24.7 Å². The van der Waals surface area contributed by atoms with E-state index in [0.29, 0.717) is 5.69 Å². The van der Waals surface area contributed by atoms with Crippen LogP contribution in [0.25, 0.3) is 0 Å². The molecular weight excluding hydrogens is 398 g/mol. The predicted octanol–water partition coefficient (Wildman–Crippen LogP) is 4.55. The number of amides is 1. The number of hydrogen-bond donors (Lipinski definition) is 2. The normalized spacial score (nSPS) is 18.5. The first kappa shape index (κ1) is 20.8. The minimum absolute atomic E-state index is 0.0189. The first-order valence-electron chi connectivity index (χ1n) is 9.15. The molecule has 10 heteroatoms. The van der Waals surface area contributed by atoms with Crippen LogP contribution in [0.4, 0.5) is 22.0 Å². The summed E-state index contributed by atoms with van der Waals surface area (Å²) >= 11 is 5.80. The van der Waals surface area contributed by atoms with E-state index >= 15 is 0 Å². The minimum Gasteiger partial charge on any atom is -0.444 e. The standard InChI is InChI=1S/C19H22ClN5O4/c1-19(2,3)29-18(26)24-14-9-8-13(14)11-4-6-12(7-5-11)23-17-15(25(27)28)16(20)21-10-22-17/h4-7,10,13-14H,8-9H2,1-3H3,(H,24,26)(H,21,22,23). The second-order valence-corrected chi connectivity index (χ2v) is 8.16. The second kappa shape index (κ2) is 8.20. The lowest BCUT2D eigenvalue weighted by atomic mass is 9.75. The number of halogens is 1. The van der Waals surface area contributed by atoms with Crippen molar-refractivity contribution in [3.8, 4) is 0 Å². The number of nitrogens with one attached hydrogen (secondary N) is 2. The van der Waals surface area contributed by atoms with Crippen LogP contribution in [-0.4, -0.2) is 32.6 Å². The fourth-order valence-corrected chi connectivity index (χ4v) is 3.29. The van der Waals surface area contributed by atoms with Crippen LogP contribution < -0.4 is 10.6 Å². The largest absolute Gasteiger partial charge is 0.444 e. The van der Waals surface area contributed by atoms with Crippen molar-refractivity contribution in [2.24, 2.45) is 0 Å². The highest BCUT2D eigenvalue weighted by Crippen LogP contribution is 2.38. The summed E-state index contributed by atoms with van der Waals surface area (Å²) in [6.07, 6.45) is 2.58. The Morgan fingerprint density at radius 1 is 1.24 bits per heavy atom. The van der Waals surface area contributed by atoms with E-state index in [1.807, 2.05) is 32.9 Å². The monoisotopic (exact) mass is 419 g/mol. The van der Waals surface area contributed by atoms with Gasteiger partial charge in [-0.3, -0.25) is 10.1 Å². The fourth-order valence-electron chi connectivity index (χ4n) is 3.09. The van der Waals surface area contributed by atoms with E-state index in [1.54, 1.807) is 12.1 Å². The van der Waals surface area contributed by atoms with Crippen LogP contribution in [0.3, 0.4) is 0 Å². The topological polar surface area (TPSA) is 119 Å². The van der Waals surface area contributed by atoms with Crippen molar-refractivity contribution < 1.29 is 14.5 Å². The molecular formula is C19H22ClN5O4. The predicted molar refractivity (Wildman–Crippen MR) is 109 cm³/mol. The van der Waals surface area contributed by atoms with Crippen LogP contribution in [0, 0.1) is 10.1 Å². The molecule has 3 rings (SSSR count). The number of ether oxygens (including phenoxy) is 1. The Hall–Kier alpha value is -2.94. The molecule has 1 aliphatic rings. The van der Waals surface area contributed by atoms with Crippen molar-refractivity contribution in [3.63, 3.8) is 0 Å². The zero-order valence-electron chi connectivity index (χ0n) is 16.3. The quantitative estimate of drug-likeness (QED) is 0.414. The Balaban J connectivity index is 1.66. The van der Waals surface area contributed by atoms with Gasteiger partial charge in [0.05, 0.1) is 4.92 Å². The Kier molecular flexibility index (Phi) is 5.88. The van der Waals surface area contributed by atoms with Gasteiger partial charge in [0.1, 0.15) is 11.9 Å². The maximum absolute atomic E-state index is 12.0. The number of aromatic nitrogens is 2. The van der Waals surface area contributed by atoms with Gasteiger partial charge in [-0.15, -0.1) is 0 Å². The summed E-state index contributed by atoms with van der Waals surface area (Å²) in [5, 5.41) is 16.8. The Labute approximate surface area is 173 Å². The molecule has 1 fully saturated rings. The first-order chi connectivity index (χ1) is 13.6. The van der Waals surface area contributed by atoms with Gasteiger partial charge in [-0.1, -0.05) is 23.7 Å². The van der Waals surface area contributed by atoms with Crippen molar-refractivity contribution in [2.75, 3.05) is 5.32 Å². The summed E-state index contributed by atoms with van der Waals surface area (Å²) in [6.45, 7) is 5.48. The molecule has 1 amide bonds. The average molecular weight is 420 g/mol. The van der Waals surface area contributed by atoms with Crippen LogP contribution in [0.15, 0.2) is 30.6 Å². The van der Waals surface area contributed by atoms with E-state index in [9.17, 15) is 14.9 Å². The Morgan fingerprint density at radius 3 is 2.48 bits per heavy atom. The molecule has 0 saturated heterocycles. The van der Waals surface area contributed by atoms with Gasteiger partial charge in [0.25, 0.3) is 0 Å². The van der Waals surface area contributed by atoms with Gasteiger partial charge in [0.2, 0.25) is 11.0 Å². The van der Waals surface area contributed by atoms with Crippen LogP contribution in [0.1, 0.15) is 45.1 Å². The molecule has 154 valence electrons. The third-order valence-electron chi connectivity index (χ3n) is 4.54. The fraction of sp³-hybridized carbons (Fsp3) is 0.421. The van der Waals surface area contributed by atoms with Crippen molar-refractivity contribution in [2.45, 2.75) is 51.2 Å². The number of rotatable bonds is 5. The van der Waals surface area contributed by atoms with Gasteiger partial charge in [0.15, 0.2) is 0 Å². The summed E-state index contributed by atoms with van der Waals surface area (Å²) in [7, 11) is 0. The van der Waals surface area contributed by atoms with Crippen LogP contribution in [0.5, 0.6) is 0 Å². The molecule has 2 aromatic rings. The van der Waals surface area contributed by atoms with Crippen molar-refractivity contribution in [1.82, 2.24) is 15.3 Å². The summed E-state index contributed by atoms with van der Waals surface area (Å²) in [5.74, 6) is 0.218. The van der Waals surface area contributed by atoms with Gasteiger partial charge in [0, 0.05) is 17.6 Å². The van der Waals surface area contributed by atoms with Gasteiger partial charge in [-0.2, -0.15) is 0 Å². The molecule has 0 radical (unpaired) electrons. The highest BCUT2D eigenvalue weighted by molar-refractivity contribution is 6.31. The number of nitrogens with zero attached hydrogens (tertiary/aromatic N) is 3. The maximum atomic E-state index is 12.0. The van der Waals surface area contributed by atoms with Gasteiger partial charge in [-0.05, 0) is 51.3 Å². The maximum Gasteiger partial charge on any atom is 0.407 e. The molecule has 0 spiro atoms. The summed E-state index contributed by atoms with van der Waals surface area (Å²) in [6, 6.07) is 7.47. The smallest absolute Gasteiger partial charge is 0.407 e. The van der Waals surface area contributed by atoms with E-state index in [-0.39, 0.29) is 28.6 Å². The zero-order valence-corrected chi connectivity index (χ0v) is 17.1. The molecule has 0 aliphatic heterocycles.